The molecule has 1 saturated heterocycles. The van der Waals surface area contributed by atoms with Crippen LogP contribution in [0.5, 0.6) is 0 Å². The van der Waals surface area contributed by atoms with Gasteiger partial charge in [-0.1, -0.05) is 42.0 Å². The maximum atomic E-state index is 12.9. The van der Waals surface area contributed by atoms with Crippen molar-refractivity contribution in [1.29, 1.82) is 0 Å². The number of anilines is 1. The molecule has 41 heavy (non-hydrogen) atoms. The van der Waals surface area contributed by atoms with E-state index < -0.39 is 9.84 Å². The quantitative estimate of drug-likeness (QED) is 0.280. The molecule has 0 bridgehead atoms. The Labute approximate surface area is 239 Å². The zero-order valence-electron chi connectivity index (χ0n) is 22.8. The van der Waals surface area contributed by atoms with Crippen LogP contribution in [0.3, 0.4) is 0 Å². The smallest absolute Gasteiger partial charge is 0.255 e. The zero-order chi connectivity index (χ0) is 28.8. The lowest BCUT2D eigenvalue weighted by molar-refractivity contribution is -0.120. The van der Waals surface area contributed by atoms with Crippen molar-refractivity contribution in [2.75, 3.05) is 29.9 Å². The Morgan fingerprint density at radius 2 is 1.68 bits per heavy atom. The van der Waals surface area contributed by atoms with Crippen molar-refractivity contribution in [3.05, 3.63) is 101 Å². The van der Waals surface area contributed by atoms with Gasteiger partial charge in [-0.15, -0.1) is 0 Å². The predicted molar refractivity (Wildman–Crippen MR) is 157 cm³/mol. The number of nitrogens with zero attached hydrogens (tertiary/aromatic N) is 3. The lowest BCUT2D eigenvalue weighted by atomic mass is 10.1. The van der Waals surface area contributed by atoms with Gasteiger partial charge in [0.25, 0.3) is 5.91 Å². The van der Waals surface area contributed by atoms with Gasteiger partial charge in [-0.05, 0) is 54.4 Å². The van der Waals surface area contributed by atoms with Crippen molar-refractivity contribution in [1.82, 2.24) is 25.4 Å². The standard InChI is InChI=1S/C30H32N6O4S/c1-21-4-2-5-22(16-21)19-31-28(37)18-27-33-29(35-34-27)24-8-10-26(11-9-24)32-30(38)25-7-3-6-23(17-25)20-36-12-14-41(39,40)15-13-36/h2-11,16-17H,12-15,18-20H2,1H3,(H,31,37)(H,32,38)(H,33,34,35). The van der Waals surface area contributed by atoms with Gasteiger partial charge in [0, 0.05) is 43.0 Å². The summed E-state index contributed by atoms with van der Waals surface area (Å²) >= 11 is 0. The molecule has 0 atom stereocenters. The molecule has 0 spiro atoms. The fraction of sp³-hybridized carbons (Fsp3) is 0.267. The van der Waals surface area contributed by atoms with E-state index in [0.717, 1.165) is 22.3 Å². The lowest BCUT2D eigenvalue weighted by Gasteiger charge is -2.26. The molecule has 1 aliphatic rings. The molecular weight excluding hydrogens is 540 g/mol. The van der Waals surface area contributed by atoms with Crippen LogP contribution in [-0.2, 0) is 34.1 Å². The molecule has 3 N–H and O–H groups in total. The first-order chi connectivity index (χ1) is 19.7. The van der Waals surface area contributed by atoms with Gasteiger partial charge < -0.3 is 10.6 Å². The molecule has 1 fully saturated rings. The zero-order valence-corrected chi connectivity index (χ0v) is 23.6. The maximum absolute atomic E-state index is 12.9. The fourth-order valence-corrected chi connectivity index (χ4v) is 5.90. The summed E-state index contributed by atoms with van der Waals surface area (Å²) in [5, 5.41) is 12.9. The Balaban J connectivity index is 1.13. The van der Waals surface area contributed by atoms with Gasteiger partial charge in [0.15, 0.2) is 15.7 Å². The Kier molecular flexibility index (Phi) is 8.55. The van der Waals surface area contributed by atoms with Gasteiger partial charge in [0.1, 0.15) is 5.82 Å². The average Bonchev–Trinajstić information content (AvgIpc) is 3.42. The number of amides is 2. The average molecular weight is 573 g/mol. The Bertz CT molecular complexity index is 1640. The molecule has 212 valence electrons. The molecule has 3 aromatic carbocycles. The van der Waals surface area contributed by atoms with Crippen molar-refractivity contribution < 1.29 is 18.0 Å². The van der Waals surface area contributed by atoms with Crippen LogP contribution in [0.15, 0.2) is 72.8 Å². The summed E-state index contributed by atoms with van der Waals surface area (Å²) < 4.78 is 23.4. The number of H-pyrrole nitrogens is 1. The Hall–Kier alpha value is -4.35. The minimum absolute atomic E-state index is 0.0862. The Morgan fingerprint density at radius 3 is 2.44 bits per heavy atom. The van der Waals surface area contributed by atoms with Crippen LogP contribution in [0.25, 0.3) is 11.4 Å². The number of benzene rings is 3. The molecule has 5 rings (SSSR count). The summed E-state index contributed by atoms with van der Waals surface area (Å²) in [5.74, 6) is 0.871. The second kappa shape index (κ2) is 12.4. The van der Waals surface area contributed by atoms with Gasteiger partial charge in [0.05, 0.1) is 17.9 Å². The normalized spacial score (nSPS) is 14.9. The van der Waals surface area contributed by atoms with Crippen LogP contribution >= 0.6 is 0 Å². The molecule has 10 nitrogen and oxygen atoms in total. The first-order valence-corrected chi connectivity index (χ1v) is 15.2. The second-order valence-corrected chi connectivity index (χ2v) is 12.5. The van der Waals surface area contributed by atoms with Gasteiger partial charge >= 0.3 is 0 Å². The summed E-state index contributed by atoms with van der Waals surface area (Å²) in [4.78, 5) is 31.8. The molecule has 11 heteroatoms. The number of carbonyl (C=O) groups excluding carboxylic acids is 2. The largest absolute Gasteiger partial charge is 0.352 e. The second-order valence-electron chi connectivity index (χ2n) is 10.2. The number of rotatable bonds is 9. The van der Waals surface area contributed by atoms with E-state index in [4.69, 9.17) is 0 Å². The molecule has 2 heterocycles. The summed E-state index contributed by atoms with van der Waals surface area (Å²) in [6.45, 7) is 4.05. The molecule has 1 aromatic heterocycles. The van der Waals surface area contributed by atoms with Crippen molar-refractivity contribution in [3.63, 3.8) is 0 Å². The number of carbonyl (C=O) groups is 2. The van der Waals surface area contributed by atoms with Crippen LogP contribution in [0, 0.1) is 6.92 Å². The molecule has 0 saturated carbocycles. The van der Waals surface area contributed by atoms with Crippen LogP contribution in [-0.4, -0.2) is 64.9 Å². The third-order valence-electron chi connectivity index (χ3n) is 6.87. The lowest BCUT2D eigenvalue weighted by Crippen LogP contribution is -2.39. The third-order valence-corrected chi connectivity index (χ3v) is 8.47. The van der Waals surface area contributed by atoms with Crippen LogP contribution in [0.4, 0.5) is 5.69 Å². The number of aromatic nitrogens is 3. The number of nitrogens with one attached hydrogen (secondary N) is 3. The van der Waals surface area contributed by atoms with Crippen molar-refractivity contribution >= 4 is 27.3 Å². The van der Waals surface area contributed by atoms with Crippen molar-refractivity contribution in [3.8, 4) is 11.4 Å². The van der Waals surface area contributed by atoms with Gasteiger partial charge in [0.2, 0.25) is 5.91 Å². The summed E-state index contributed by atoms with van der Waals surface area (Å²) in [6, 6.07) is 22.5. The SMILES string of the molecule is Cc1cccc(CNC(=O)Cc2nc(-c3ccc(NC(=O)c4cccc(CN5CCS(=O)(=O)CC5)c4)cc3)n[nH]2)c1. The predicted octanol–water partition coefficient (Wildman–Crippen LogP) is 3.12. The Morgan fingerprint density at radius 1 is 0.951 bits per heavy atom. The summed E-state index contributed by atoms with van der Waals surface area (Å²) in [7, 11) is -2.93. The van der Waals surface area contributed by atoms with Crippen LogP contribution < -0.4 is 10.6 Å². The van der Waals surface area contributed by atoms with E-state index in [-0.39, 0.29) is 29.7 Å². The van der Waals surface area contributed by atoms with E-state index in [1.165, 1.54) is 0 Å². The van der Waals surface area contributed by atoms with Gasteiger partial charge in [-0.2, -0.15) is 5.10 Å². The minimum atomic E-state index is -2.93. The van der Waals surface area contributed by atoms with E-state index in [2.05, 4.69) is 30.7 Å². The highest BCUT2D eigenvalue weighted by atomic mass is 32.2. The first-order valence-electron chi connectivity index (χ1n) is 13.4. The molecule has 4 aromatic rings. The number of sulfone groups is 1. The molecule has 1 aliphatic heterocycles. The van der Waals surface area contributed by atoms with E-state index in [0.29, 0.717) is 49.1 Å². The van der Waals surface area contributed by atoms with Crippen LogP contribution in [0.2, 0.25) is 0 Å². The molecular formula is C30H32N6O4S. The minimum Gasteiger partial charge on any atom is -0.352 e. The topological polar surface area (TPSA) is 137 Å². The van der Waals surface area contributed by atoms with Crippen LogP contribution in [0.1, 0.15) is 32.9 Å². The highest BCUT2D eigenvalue weighted by molar-refractivity contribution is 7.91. The van der Waals surface area contributed by atoms with E-state index >= 15 is 0 Å². The van der Waals surface area contributed by atoms with E-state index in [1.54, 1.807) is 30.3 Å². The molecule has 2 amide bonds. The molecule has 0 radical (unpaired) electrons. The van der Waals surface area contributed by atoms with E-state index in [1.807, 2.05) is 49.4 Å². The number of hydrogen-bond acceptors (Lipinski definition) is 7. The number of hydrogen-bond donors (Lipinski definition) is 3. The monoisotopic (exact) mass is 572 g/mol. The fourth-order valence-electron chi connectivity index (χ4n) is 4.62. The third kappa shape index (κ3) is 7.86. The van der Waals surface area contributed by atoms with Crippen molar-refractivity contribution in [2.45, 2.75) is 26.4 Å². The molecule has 0 unspecified atom stereocenters. The summed E-state index contributed by atoms with van der Waals surface area (Å²) in [6.07, 6.45) is 0.0862. The highest BCUT2D eigenvalue weighted by Gasteiger charge is 2.21. The maximum Gasteiger partial charge on any atom is 0.255 e. The van der Waals surface area contributed by atoms with Crippen molar-refractivity contribution in [2.24, 2.45) is 0 Å². The number of aromatic amines is 1. The first kappa shape index (κ1) is 28.2. The van der Waals surface area contributed by atoms with E-state index in [9.17, 15) is 18.0 Å². The highest BCUT2D eigenvalue weighted by Crippen LogP contribution is 2.19. The number of aryl methyl sites for hydroxylation is 1. The summed E-state index contributed by atoms with van der Waals surface area (Å²) in [5.41, 5.74) is 5.02. The van der Waals surface area contributed by atoms with Gasteiger partial charge in [-0.25, -0.2) is 13.4 Å². The van der Waals surface area contributed by atoms with Gasteiger partial charge in [-0.3, -0.25) is 19.6 Å². The molecule has 0 aliphatic carbocycles.